The van der Waals surface area contributed by atoms with Crippen LogP contribution < -0.4 is 10.1 Å². The van der Waals surface area contributed by atoms with Crippen LogP contribution in [0.5, 0.6) is 5.75 Å². The number of aryl methyl sites for hydroxylation is 2. The molecule has 1 amide bonds. The van der Waals surface area contributed by atoms with E-state index in [0.29, 0.717) is 13.0 Å². The molecule has 146 valence electrons. The van der Waals surface area contributed by atoms with Crippen molar-refractivity contribution in [2.45, 2.75) is 59.3 Å². The molecule has 0 bridgehead atoms. The Morgan fingerprint density at radius 1 is 1.27 bits per heavy atom. The van der Waals surface area contributed by atoms with Gasteiger partial charge in [0.15, 0.2) is 0 Å². The minimum absolute atomic E-state index is 0.170. The third-order valence-electron chi connectivity index (χ3n) is 5.11. The number of carbonyl (C=O) groups is 1. The maximum Gasteiger partial charge on any atom is 0.219 e. The molecule has 1 aliphatic rings. The van der Waals surface area contributed by atoms with Crippen LogP contribution in [0.2, 0.25) is 0 Å². The molecule has 1 N–H and O–H groups in total. The number of likely N-dealkylation sites (tertiary alicyclic amines) is 1. The Labute approximate surface area is 159 Å². The van der Waals surface area contributed by atoms with E-state index < -0.39 is 0 Å². The summed E-state index contributed by atoms with van der Waals surface area (Å²) in [6, 6.07) is 6.26. The molecule has 1 unspecified atom stereocenters. The van der Waals surface area contributed by atoms with E-state index in [1.165, 1.54) is 31.5 Å². The first-order valence-corrected chi connectivity index (χ1v) is 10.2. The maximum atomic E-state index is 11.9. The van der Waals surface area contributed by atoms with Crippen LogP contribution in [0.1, 0.15) is 56.6 Å². The maximum absolute atomic E-state index is 11.9. The van der Waals surface area contributed by atoms with Gasteiger partial charge in [0.1, 0.15) is 5.75 Å². The van der Waals surface area contributed by atoms with Crippen molar-refractivity contribution < 1.29 is 9.53 Å². The molecule has 0 aromatic heterocycles. The monoisotopic (exact) mass is 360 g/mol. The van der Waals surface area contributed by atoms with E-state index in [1.807, 2.05) is 0 Å². The van der Waals surface area contributed by atoms with E-state index in [2.05, 4.69) is 49.2 Å². The van der Waals surface area contributed by atoms with Crippen molar-refractivity contribution in [2.75, 3.05) is 32.8 Å². The number of amides is 1. The van der Waals surface area contributed by atoms with Gasteiger partial charge >= 0.3 is 0 Å². The van der Waals surface area contributed by atoms with Gasteiger partial charge in [-0.15, -0.1) is 0 Å². The van der Waals surface area contributed by atoms with E-state index in [4.69, 9.17) is 4.74 Å². The van der Waals surface area contributed by atoms with Crippen LogP contribution in [0.4, 0.5) is 0 Å². The Morgan fingerprint density at radius 2 is 2.12 bits per heavy atom. The van der Waals surface area contributed by atoms with Gasteiger partial charge in [0.25, 0.3) is 0 Å². The van der Waals surface area contributed by atoms with Crippen molar-refractivity contribution >= 4 is 5.91 Å². The van der Waals surface area contributed by atoms with Gasteiger partial charge in [-0.3, -0.25) is 4.79 Å². The lowest BCUT2D eigenvalue weighted by Crippen LogP contribution is -2.36. The summed E-state index contributed by atoms with van der Waals surface area (Å²) < 4.78 is 5.84. The van der Waals surface area contributed by atoms with E-state index in [1.54, 1.807) is 0 Å². The molecule has 0 saturated carbocycles. The predicted molar refractivity (Wildman–Crippen MR) is 108 cm³/mol. The SMILES string of the molecule is Cc1ccc(C)c(OCCCCC(=O)NCCCN2CCCC(C)C2)c1. The number of rotatable bonds is 10. The standard InChI is InChI=1S/C22H36N2O2/c1-18-10-11-20(3)21(16-18)26-15-5-4-9-22(25)23-12-7-14-24-13-6-8-19(2)17-24/h10-11,16,19H,4-9,12-15,17H2,1-3H3,(H,23,25). The second-order valence-corrected chi connectivity index (χ2v) is 7.83. The van der Waals surface area contributed by atoms with Gasteiger partial charge in [0.05, 0.1) is 6.61 Å². The Morgan fingerprint density at radius 3 is 2.92 bits per heavy atom. The van der Waals surface area contributed by atoms with Crippen LogP contribution in [0, 0.1) is 19.8 Å². The Hall–Kier alpha value is -1.55. The molecule has 1 atom stereocenters. The average Bonchev–Trinajstić information content (AvgIpc) is 2.61. The van der Waals surface area contributed by atoms with Crippen LogP contribution in [0.25, 0.3) is 0 Å². The van der Waals surface area contributed by atoms with Gasteiger partial charge < -0.3 is 15.0 Å². The summed E-state index contributed by atoms with van der Waals surface area (Å²) in [6.45, 7) is 11.5. The third-order valence-corrected chi connectivity index (χ3v) is 5.11. The number of nitrogens with zero attached hydrogens (tertiary/aromatic N) is 1. The van der Waals surface area contributed by atoms with Crippen LogP contribution in [0.3, 0.4) is 0 Å². The van der Waals surface area contributed by atoms with Gasteiger partial charge in [0, 0.05) is 19.5 Å². The molecule has 4 nitrogen and oxygen atoms in total. The number of unbranched alkanes of at least 4 members (excludes halogenated alkanes) is 1. The lowest BCUT2D eigenvalue weighted by atomic mass is 10.0. The number of nitrogens with one attached hydrogen (secondary N) is 1. The zero-order valence-corrected chi connectivity index (χ0v) is 16.9. The molecule has 1 aromatic rings. The van der Waals surface area contributed by atoms with Crippen molar-refractivity contribution in [3.8, 4) is 5.75 Å². The highest BCUT2D eigenvalue weighted by molar-refractivity contribution is 5.75. The Balaban J connectivity index is 1.48. The van der Waals surface area contributed by atoms with Crippen molar-refractivity contribution in [1.82, 2.24) is 10.2 Å². The molecule has 1 heterocycles. The number of benzene rings is 1. The van der Waals surface area contributed by atoms with Gasteiger partial charge in [-0.25, -0.2) is 0 Å². The lowest BCUT2D eigenvalue weighted by molar-refractivity contribution is -0.121. The molecule has 0 spiro atoms. The summed E-state index contributed by atoms with van der Waals surface area (Å²) in [5.74, 6) is 1.95. The molecule has 0 radical (unpaired) electrons. The first-order valence-electron chi connectivity index (χ1n) is 10.2. The summed E-state index contributed by atoms with van der Waals surface area (Å²) in [6.07, 6.45) is 6.11. The summed E-state index contributed by atoms with van der Waals surface area (Å²) in [7, 11) is 0. The normalized spacial score (nSPS) is 17.9. The molecule has 2 rings (SSSR count). The molecule has 0 aliphatic carbocycles. The minimum Gasteiger partial charge on any atom is -0.493 e. The fourth-order valence-corrected chi connectivity index (χ4v) is 3.54. The predicted octanol–water partition coefficient (Wildman–Crippen LogP) is 4.09. The zero-order valence-electron chi connectivity index (χ0n) is 16.9. The Bertz CT molecular complexity index is 559. The topological polar surface area (TPSA) is 41.6 Å². The first-order chi connectivity index (χ1) is 12.5. The molecule has 26 heavy (non-hydrogen) atoms. The molecule has 1 saturated heterocycles. The highest BCUT2D eigenvalue weighted by Gasteiger charge is 2.15. The number of piperidine rings is 1. The summed E-state index contributed by atoms with van der Waals surface area (Å²) in [5, 5.41) is 3.05. The van der Waals surface area contributed by atoms with Crippen LogP contribution in [0.15, 0.2) is 18.2 Å². The van der Waals surface area contributed by atoms with Crippen LogP contribution >= 0.6 is 0 Å². The number of ether oxygens (including phenoxy) is 1. The highest BCUT2D eigenvalue weighted by atomic mass is 16.5. The number of hydrogen-bond acceptors (Lipinski definition) is 3. The second kappa shape index (κ2) is 11.2. The van der Waals surface area contributed by atoms with E-state index in [9.17, 15) is 4.79 Å². The Kier molecular flexibility index (Phi) is 8.96. The second-order valence-electron chi connectivity index (χ2n) is 7.83. The van der Waals surface area contributed by atoms with Crippen molar-refractivity contribution in [3.63, 3.8) is 0 Å². The summed E-state index contributed by atoms with van der Waals surface area (Å²) in [5.41, 5.74) is 2.38. The molecule has 1 aromatic carbocycles. The van der Waals surface area contributed by atoms with Gasteiger partial charge in [-0.1, -0.05) is 19.1 Å². The van der Waals surface area contributed by atoms with E-state index >= 15 is 0 Å². The largest absolute Gasteiger partial charge is 0.493 e. The lowest BCUT2D eigenvalue weighted by Gasteiger charge is -2.30. The van der Waals surface area contributed by atoms with Gasteiger partial charge in [-0.2, -0.15) is 0 Å². The van der Waals surface area contributed by atoms with Crippen molar-refractivity contribution in [2.24, 2.45) is 5.92 Å². The minimum atomic E-state index is 0.170. The van der Waals surface area contributed by atoms with Crippen molar-refractivity contribution in [3.05, 3.63) is 29.3 Å². The molecule has 4 heteroatoms. The van der Waals surface area contributed by atoms with Gasteiger partial charge in [0.2, 0.25) is 5.91 Å². The third kappa shape index (κ3) is 7.77. The van der Waals surface area contributed by atoms with E-state index in [-0.39, 0.29) is 5.91 Å². The van der Waals surface area contributed by atoms with Crippen LogP contribution in [-0.4, -0.2) is 43.6 Å². The molecule has 1 aliphatic heterocycles. The molecular formula is C22H36N2O2. The quantitative estimate of drug-likeness (QED) is 0.639. The number of carbonyl (C=O) groups excluding carboxylic acids is 1. The molecular weight excluding hydrogens is 324 g/mol. The highest BCUT2D eigenvalue weighted by Crippen LogP contribution is 2.19. The average molecular weight is 361 g/mol. The summed E-state index contributed by atoms with van der Waals surface area (Å²) in [4.78, 5) is 14.4. The molecule has 1 fully saturated rings. The number of hydrogen-bond donors (Lipinski definition) is 1. The zero-order chi connectivity index (χ0) is 18.8. The smallest absolute Gasteiger partial charge is 0.219 e. The van der Waals surface area contributed by atoms with Crippen LogP contribution in [-0.2, 0) is 4.79 Å². The van der Waals surface area contributed by atoms with Gasteiger partial charge in [-0.05, 0) is 82.2 Å². The fourth-order valence-electron chi connectivity index (χ4n) is 3.54. The first kappa shape index (κ1) is 20.8. The van der Waals surface area contributed by atoms with Crippen molar-refractivity contribution in [1.29, 1.82) is 0 Å². The van der Waals surface area contributed by atoms with E-state index in [0.717, 1.165) is 49.6 Å². The summed E-state index contributed by atoms with van der Waals surface area (Å²) >= 11 is 0. The fraction of sp³-hybridized carbons (Fsp3) is 0.682.